The van der Waals surface area contributed by atoms with Gasteiger partial charge in [0.15, 0.2) is 0 Å². The Bertz CT molecular complexity index is 375. The van der Waals surface area contributed by atoms with Crippen LogP contribution in [-0.4, -0.2) is 36.1 Å². The maximum absolute atomic E-state index is 5.47. The van der Waals surface area contributed by atoms with E-state index in [1.807, 2.05) is 13.0 Å². The fourth-order valence-corrected chi connectivity index (χ4v) is 1.98. The summed E-state index contributed by atoms with van der Waals surface area (Å²) in [5.74, 6) is 2.67. The van der Waals surface area contributed by atoms with Gasteiger partial charge in [0.1, 0.15) is 17.5 Å². The summed E-state index contributed by atoms with van der Waals surface area (Å²) in [6, 6.07) is 2.65. The summed E-state index contributed by atoms with van der Waals surface area (Å²) >= 11 is 0. The third-order valence-electron chi connectivity index (χ3n) is 3.26. The van der Waals surface area contributed by atoms with Crippen LogP contribution in [0.15, 0.2) is 6.07 Å². The molecule has 1 heterocycles. The van der Waals surface area contributed by atoms with Crippen molar-refractivity contribution in [2.24, 2.45) is 5.73 Å². The molecule has 5 heteroatoms. The molecule has 1 aromatic rings. The van der Waals surface area contributed by atoms with E-state index in [2.05, 4.69) is 27.2 Å². The lowest BCUT2D eigenvalue weighted by Crippen LogP contribution is -2.37. The lowest BCUT2D eigenvalue weighted by molar-refractivity contribution is 0.399. The van der Waals surface area contributed by atoms with Crippen molar-refractivity contribution < 1.29 is 0 Å². The van der Waals surface area contributed by atoms with Crippen molar-refractivity contribution >= 4 is 11.6 Å². The highest BCUT2D eigenvalue weighted by molar-refractivity contribution is 5.49. The van der Waals surface area contributed by atoms with Gasteiger partial charge in [-0.25, -0.2) is 9.97 Å². The lowest BCUT2D eigenvalue weighted by atomic mass is 9.92. The van der Waals surface area contributed by atoms with Gasteiger partial charge in [0, 0.05) is 32.2 Å². The van der Waals surface area contributed by atoms with E-state index >= 15 is 0 Å². The van der Waals surface area contributed by atoms with Crippen molar-refractivity contribution in [2.75, 3.05) is 30.4 Å². The Balaban J connectivity index is 2.12. The van der Waals surface area contributed by atoms with E-state index in [-0.39, 0.29) is 0 Å². The third-order valence-corrected chi connectivity index (χ3v) is 3.26. The van der Waals surface area contributed by atoms with E-state index in [1.54, 1.807) is 0 Å². The Labute approximate surface area is 102 Å². The fraction of sp³-hybridized carbons (Fsp3) is 0.667. The summed E-state index contributed by atoms with van der Waals surface area (Å²) in [6.07, 6.45) is 3.87. The summed E-state index contributed by atoms with van der Waals surface area (Å²) in [7, 11) is 2.11. The zero-order valence-corrected chi connectivity index (χ0v) is 10.6. The molecule has 1 aliphatic carbocycles. The van der Waals surface area contributed by atoms with Gasteiger partial charge in [0.05, 0.1) is 0 Å². The molecule has 5 nitrogen and oxygen atoms in total. The molecule has 3 N–H and O–H groups in total. The molecule has 1 aliphatic rings. The van der Waals surface area contributed by atoms with Crippen molar-refractivity contribution in [2.45, 2.75) is 32.2 Å². The predicted molar refractivity (Wildman–Crippen MR) is 70.4 cm³/mol. The van der Waals surface area contributed by atoms with Crippen LogP contribution in [0.1, 0.15) is 25.1 Å². The zero-order chi connectivity index (χ0) is 12.3. The van der Waals surface area contributed by atoms with Crippen LogP contribution in [-0.2, 0) is 0 Å². The Morgan fingerprint density at radius 2 is 2.24 bits per heavy atom. The van der Waals surface area contributed by atoms with Gasteiger partial charge < -0.3 is 16.0 Å². The molecule has 0 bridgehead atoms. The highest BCUT2D eigenvalue weighted by Crippen LogP contribution is 2.27. The normalized spacial score (nSPS) is 15.5. The number of nitrogens with zero attached hydrogens (tertiary/aromatic N) is 3. The van der Waals surface area contributed by atoms with Crippen LogP contribution in [0.2, 0.25) is 0 Å². The number of rotatable bonds is 5. The first-order valence-electron chi connectivity index (χ1n) is 6.23. The molecule has 0 radical (unpaired) electrons. The SMILES string of the molecule is Cc1nc(NCCN)cc(N(C)C2CCC2)n1. The average molecular weight is 235 g/mol. The molecule has 0 saturated heterocycles. The van der Waals surface area contributed by atoms with Gasteiger partial charge in [-0.3, -0.25) is 0 Å². The molecular weight excluding hydrogens is 214 g/mol. The Morgan fingerprint density at radius 1 is 1.47 bits per heavy atom. The monoisotopic (exact) mass is 235 g/mol. The molecule has 1 fully saturated rings. The van der Waals surface area contributed by atoms with Crippen molar-refractivity contribution in [3.8, 4) is 0 Å². The first-order chi connectivity index (χ1) is 8.20. The maximum atomic E-state index is 5.47. The van der Waals surface area contributed by atoms with Crippen LogP contribution < -0.4 is 16.0 Å². The van der Waals surface area contributed by atoms with Crippen LogP contribution in [0.4, 0.5) is 11.6 Å². The largest absolute Gasteiger partial charge is 0.369 e. The summed E-state index contributed by atoms with van der Waals surface area (Å²) < 4.78 is 0. The molecule has 0 unspecified atom stereocenters. The van der Waals surface area contributed by atoms with E-state index in [1.165, 1.54) is 19.3 Å². The highest BCUT2D eigenvalue weighted by atomic mass is 15.2. The van der Waals surface area contributed by atoms with Crippen LogP contribution in [0.3, 0.4) is 0 Å². The van der Waals surface area contributed by atoms with Gasteiger partial charge in [-0.05, 0) is 26.2 Å². The van der Waals surface area contributed by atoms with Crippen molar-refractivity contribution in [3.63, 3.8) is 0 Å². The van der Waals surface area contributed by atoms with E-state index < -0.39 is 0 Å². The summed E-state index contributed by atoms with van der Waals surface area (Å²) in [5, 5.41) is 3.20. The number of aryl methyl sites for hydroxylation is 1. The van der Waals surface area contributed by atoms with Gasteiger partial charge in [0.25, 0.3) is 0 Å². The van der Waals surface area contributed by atoms with Gasteiger partial charge >= 0.3 is 0 Å². The molecule has 0 atom stereocenters. The molecule has 0 amide bonds. The van der Waals surface area contributed by atoms with Gasteiger partial charge in [-0.1, -0.05) is 0 Å². The molecule has 1 saturated carbocycles. The molecule has 0 aromatic carbocycles. The van der Waals surface area contributed by atoms with E-state index in [0.29, 0.717) is 12.6 Å². The van der Waals surface area contributed by atoms with Gasteiger partial charge in [-0.15, -0.1) is 0 Å². The lowest BCUT2D eigenvalue weighted by Gasteiger charge is -2.35. The van der Waals surface area contributed by atoms with Crippen molar-refractivity contribution in [1.29, 1.82) is 0 Å². The molecule has 1 aromatic heterocycles. The van der Waals surface area contributed by atoms with Crippen molar-refractivity contribution in [1.82, 2.24) is 9.97 Å². The van der Waals surface area contributed by atoms with Gasteiger partial charge in [-0.2, -0.15) is 0 Å². The van der Waals surface area contributed by atoms with Crippen LogP contribution in [0.25, 0.3) is 0 Å². The summed E-state index contributed by atoms with van der Waals surface area (Å²) in [5.41, 5.74) is 5.47. The number of nitrogens with one attached hydrogen (secondary N) is 1. The first kappa shape index (κ1) is 12.1. The van der Waals surface area contributed by atoms with E-state index in [9.17, 15) is 0 Å². The number of nitrogens with two attached hydrogens (primary N) is 1. The molecule has 17 heavy (non-hydrogen) atoms. The third kappa shape index (κ3) is 2.85. The second-order valence-electron chi connectivity index (χ2n) is 4.57. The molecular formula is C12H21N5. The Kier molecular flexibility index (Phi) is 3.78. The van der Waals surface area contributed by atoms with Crippen LogP contribution in [0.5, 0.6) is 0 Å². The van der Waals surface area contributed by atoms with Crippen molar-refractivity contribution in [3.05, 3.63) is 11.9 Å². The summed E-state index contributed by atoms with van der Waals surface area (Å²) in [6.45, 7) is 3.27. The minimum absolute atomic E-state index is 0.608. The average Bonchev–Trinajstić information content (AvgIpc) is 2.23. The molecule has 94 valence electrons. The molecule has 2 rings (SSSR count). The Hall–Kier alpha value is -1.36. The van der Waals surface area contributed by atoms with Crippen LogP contribution in [0, 0.1) is 6.92 Å². The quantitative estimate of drug-likeness (QED) is 0.801. The smallest absolute Gasteiger partial charge is 0.134 e. The van der Waals surface area contributed by atoms with Crippen LogP contribution >= 0.6 is 0 Å². The fourth-order valence-electron chi connectivity index (χ4n) is 1.98. The second kappa shape index (κ2) is 5.31. The first-order valence-corrected chi connectivity index (χ1v) is 6.23. The predicted octanol–water partition coefficient (Wildman–Crippen LogP) is 1.14. The van der Waals surface area contributed by atoms with E-state index in [0.717, 1.165) is 24.0 Å². The number of hydrogen-bond acceptors (Lipinski definition) is 5. The Morgan fingerprint density at radius 3 is 2.82 bits per heavy atom. The standard InChI is InChI=1S/C12H21N5/c1-9-15-11(14-7-6-13)8-12(16-9)17(2)10-4-3-5-10/h8,10H,3-7,13H2,1-2H3,(H,14,15,16). The molecule has 0 spiro atoms. The number of anilines is 2. The second-order valence-corrected chi connectivity index (χ2v) is 4.57. The minimum Gasteiger partial charge on any atom is -0.369 e. The number of aromatic nitrogens is 2. The highest BCUT2D eigenvalue weighted by Gasteiger charge is 2.23. The van der Waals surface area contributed by atoms with E-state index in [4.69, 9.17) is 5.73 Å². The maximum Gasteiger partial charge on any atom is 0.134 e. The summed E-state index contributed by atoms with van der Waals surface area (Å²) in [4.78, 5) is 11.1. The zero-order valence-electron chi connectivity index (χ0n) is 10.6. The van der Waals surface area contributed by atoms with Gasteiger partial charge in [0.2, 0.25) is 0 Å². The molecule has 0 aliphatic heterocycles. The topological polar surface area (TPSA) is 67.1 Å². The number of hydrogen-bond donors (Lipinski definition) is 2. The minimum atomic E-state index is 0.608.